The lowest BCUT2D eigenvalue weighted by molar-refractivity contribution is 0.268. The van der Waals surface area contributed by atoms with Gasteiger partial charge in [0.15, 0.2) is 0 Å². The predicted octanol–water partition coefficient (Wildman–Crippen LogP) is 3.49. The molecule has 3 nitrogen and oxygen atoms in total. The molecule has 3 N–H and O–H groups in total. The number of rotatable bonds is 5. The van der Waals surface area contributed by atoms with Crippen molar-refractivity contribution in [3.8, 4) is 5.75 Å². The van der Waals surface area contributed by atoms with Crippen molar-refractivity contribution in [1.82, 2.24) is 0 Å². The van der Waals surface area contributed by atoms with Gasteiger partial charge in [-0.2, -0.15) is 0 Å². The summed E-state index contributed by atoms with van der Waals surface area (Å²) in [6.45, 7) is 6.49. The quantitative estimate of drug-likeness (QED) is 0.646. The molecule has 0 fully saturated rings. The number of benzene rings is 1. The van der Waals surface area contributed by atoms with E-state index in [2.05, 4.69) is 15.9 Å². The molecular formula is C13H19BrN2O. The number of hydrogen-bond donors (Lipinski definition) is 2. The Kier molecular flexibility index (Phi) is 4.57. The number of halogens is 1. The zero-order valence-corrected chi connectivity index (χ0v) is 12.1. The van der Waals surface area contributed by atoms with Crippen molar-refractivity contribution in [2.75, 3.05) is 6.61 Å². The van der Waals surface area contributed by atoms with Crippen LogP contribution in [0.3, 0.4) is 0 Å². The highest BCUT2D eigenvalue weighted by Crippen LogP contribution is 2.23. The molecule has 17 heavy (non-hydrogen) atoms. The van der Waals surface area contributed by atoms with Crippen molar-refractivity contribution in [1.29, 1.82) is 5.41 Å². The van der Waals surface area contributed by atoms with Crippen LogP contribution in [-0.2, 0) is 0 Å². The normalized spacial score (nSPS) is 11.3. The van der Waals surface area contributed by atoms with Crippen molar-refractivity contribution in [2.45, 2.75) is 27.2 Å². The number of hydrogen-bond acceptors (Lipinski definition) is 2. The number of aryl methyl sites for hydroxylation is 1. The molecule has 0 aliphatic heterocycles. The van der Waals surface area contributed by atoms with Gasteiger partial charge >= 0.3 is 0 Å². The van der Waals surface area contributed by atoms with Gasteiger partial charge < -0.3 is 10.5 Å². The number of nitrogens with one attached hydrogen (secondary N) is 1. The second kappa shape index (κ2) is 5.54. The van der Waals surface area contributed by atoms with Gasteiger partial charge in [-0.3, -0.25) is 5.41 Å². The Labute approximate surface area is 111 Å². The molecule has 0 heterocycles. The monoisotopic (exact) mass is 298 g/mol. The highest BCUT2D eigenvalue weighted by molar-refractivity contribution is 9.10. The van der Waals surface area contributed by atoms with Crippen molar-refractivity contribution in [3.05, 3.63) is 28.2 Å². The summed E-state index contributed by atoms with van der Waals surface area (Å²) in [5.74, 6) is 1.05. The van der Waals surface area contributed by atoms with Crippen molar-refractivity contribution in [2.24, 2.45) is 11.1 Å². The lowest BCUT2D eigenvalue weighted by Gasteiger charge is -2.22. The maximum absolute atomic E-state index is 7.46. The van der Waals surface area contributed by atoms with E-state index in [0.717, 1.165) is 22.2 Å². The number of ether oxygens (including phenoxy) is 1. The SMILES string of the molecule is Cc1cc(OCCC(C)(C)C(=N)N)ccc1Br. The van der Waals surface area contributed by atoms with Crippen LogP contribution >= 0.6 is 15.9 Å². The summed E-state index contributed by atoms with van der Waals surface area (Å²) in [7, 11) is 0. The Hall–Kier alpha value is -1.03. The zero-order valence-electron chi connectivity index (χ0n) is 10.5. The minimum Gasteiger partial charge on any atom is -0.494 e. The van der Waals surface area contributed by atoms with Gasteiger partial charge in [0.2, 0.25) is 0 Å². The smallest absolute Gasteiger partial charge is 0.119 e. The average Bonchev–Trinajstić information content (AvgIpc) is 2.23. The molecule has 0 amide bonds. The van der Waals surface area contributed by atoms with Crippen LogP contribution in [0.1, 0.15) is 25.8 Å². The lowest BCUT2D eigenvalue weighted by Crippen LogP contribution is -2.32. The Morgan fingerprint density at radius 2 is 2.12 bits per heavy atom. The lowest BCUT2D eigenvalue weighted by atomic mass is 9.88. The van der Waals surface area contributed by atoms with E-state index in [1.165, 1.54) is 0 Å². The Morgan fingerprint density at radius 1 is 1.47 bits per heavy atom. The zero-order chi connectivity index (χ0) is 13.1. The van der Waals surface area contributed by atoms with Gasteiger partial charge in [0, 0.05) is 9.89 Å². The first-order valence-corrected chi connectivity index (χ1v) is 6.36. The van der Waals surface area contributed by atoms with Crippen molar-refractivity contribution in [3.63, 3.8) is 0 Å². The second-order valence-electron chi connectivity index (χ2n) is 4.81. The fraction of sp³-hybridized carbons (Fsp3) is 0.462. The predicted molar refractivity (Wildman–Crippen MR) is 74.7 cm³/mol. The first kappa shape index (κ1) is 14.0. The molecule has 0 aromatic heterocycles. The first-order chi connectivity index (χ1) is 7.83. The van der Waals surface area contributed by atoms with Crippen LogP contribution in [0.25, 0.3) is 0 Å². The van der Waals surface area contributed by atoms with E-state index in [1.807, 2.05) is 39.0 Å². The maximum Gasteiger partial charge on any atom is 0.119 e. The Balaban J connectivity index is 2.51. The molecule has 0 saturated heterocycles. The third-order valence-electron chi connectivity index (χ3n) is 2.85. The molecule has 0 saturated carbocycles. The number of nitrogens with two attached hydrogens (primary N) is 1. The number of amidine groups is 1. The molecule has 1 aromatic carbocycles. The van der Waals surface area contributed by atoms with Crippen molar-refractivity contribution < 1.29 is 4.74 Å². The van der Waals surface area contributed by atoms with Crippen LogP contribution in [0.5, 0.6) is 5.75 Å². The molecule has 0 radical (unpaired) electrons. The third kappa shape index (κ3) is 4.04. The summed E-state index contributed by atoms with van der Waals surface area (Å²) in [6.07, 6.45) is 0.734. The Morgan fingerprint density at radius 3 is 2.65 bits per heavy atom. The van der Waals surface area contributed by atoms with Gasteiger partial charge in [0.25, 0.3) is 0 Å². The fourth-order valence-electron chi connectivity index (χ4n) is 1.27. The van der Waals surface area contributed by atoms with Crippen LogP contribution in [-0.4, -0.2) is 12.4 Å². The largest absolute Gasteiger partial charge is 0.494 e. The summed E-state index contributed by atoms with van der Waals surface area (Å²) in [6, 6.07) is 5.89. The van der Waals surface area contributed by atoms with E-state index < -0.39 is 0 Å². The molecule has 0 unspecified atom stereocenters. The molecule has 1 aromatic rings. The van der Waals surface area contributed by atoms with Gasteiger partial charge in [-0.05, 0) is 37.1 Å². The Bertz CT molecular complexity index is 416. The molecule has 1 rings (SSSR count). The van der Waals surface area contributed by atoms with E-state index in [0.29, 0.717) is 6.61 Å². The van der Waals surface area contributed by atoms with Crippen LogP contribution in [0.2, 0.25) is 0 Å². The van der Waals surface area contributed by atoms with Gasteiger partial charge in [0.05, 0.1) is 12.4 Å². The first-order valence-electron chi connectivity index (χ1n) is 5.56. The van der Waals surface area contributed by atoms with Crippen LogP contribution in [0.4, 0.5) is 0 Å². The summed E-state index contributed by atoms with van der Waals surface area (Å²) in [5, 5.41) is 7.46. The summed E-state index contributed by atoms with van der Waals surface area (Å²) >= 11 is 3.45. The van der Waals surface area contributed by atoms with E-state index in [1.54, 1.807) is 0 Å². The van der Waals surface area contributed by atoms with Crippen LogP contribution in [0.15, 0.2) is 22.7 Å². The molecule has 94 valence electrons. The minimum atomic E-state index is -0.301. The maximum atomic E-state index is 7.46. The second-order valence-corrected chi connectivity index (χ2v) is 5.66. The minimum absolute atomic E-state index is 0.202. The topological polar surface area (TPSA) is 59.1 Å². The van der Waals surface area contributed by atoms with Gasteiger partial charge in [-0.1, -0.05) is 29.8 Å². The van der Waals surface area contributed by atoms with Gasteiger partial charge in [-0.25, -0.2) is 0 Å². The van der Waals surface area contributed by atoms with E-state index in [4.69, 9.17) is 15.9 Å². The van der Waals surface area contributed by atoms with E-state index >= 15 is 0 Å². The van der Waals surface area contributed by atoms with Crippen molar-refractivity contribution >= 4 is 21.8 Å². The van der Waals surface area contributed by atoms with E-state index in [9.17, 15) is 0 Å². The summed E-state index contributed by atoms with van der Waals surface area (Å²) in [5.41, 5.74) is 6.36. The summed E-state index contributed by atoms with van der Waals surface area (Å²) < 4.78 is 6.73. The molecular weight excluding hydrogens is 280 g/mol. The molecule has 0 aliphatic rings. The van der Waals surface area contributed by atoms with E-state index in [-0.39, 0.29) is 11.3 Å². The third-order valence-corrected chi connectivity index (χ3v) is 3.74. The molecule has 0 atom stereocenters. The summed E-state index contributed by atoms with van der Waals surface area (Å²) in [4.78, 5) is 0. The van der Waals surface area contributed by atoms with Crippen LogP contribution < -0.4 is 10.5 Å². The molecule has 0 aliphatic carbocycles. The highest BCUT2D eigenvalue weighted by atomic mass is 79.9. The molecule has 0 spiro atoms. The van der Waals surface area contributed by atoms with Crippen LogP contribution in [0, 0.1) is 17.7 Å². The fourth-order valence-corrected chi connectivity index (χ4v) is 1.51. The standard InChI is InChI=1S/C13H19BrN2O/c1-9-8-10(4-5-11(9)14)17-7-6-13(2,3)12(15)16/h4-5,8H,6-7H2,1-3H3,(H3,15,16). The average molecular weight is 299 g/mol. The molecule has 0 bridgehead atoms. The molecule has 4 heteroatoms. The highest BCUT2D eigenvalue weighted by Gasteiger charge is 2.21. The van der Waals surface area contributed by atoms with Gasteiger partial charge in [-0.15, -0.1) is 0 Å². The van der Waals surface area contributed by atoms with Gasteiger partial charge in [0.1, 0.15) is 5.75 Å².